The zero-order valence-corrected chi connectivity index (χ0v) is 16.0. The third kappa shape index (κ3) is 4.77. The van der Waals surface area contributed by atoms with Crippen LogP contribution in [-0.4, -0.2) is 50.1 Å². The molecule has 1 aromatic carbocycles. The van der Waals surface area contributed by atoms with Crippen molar-refractivity contribution in [3.63, 3.8) is 0 Å². The van der Waals surface area contributed by atoms with E-state index in [4.69, 9.17) is 4.74 Å². The molecule has 0 bridgehead atoms. The van der Waals surface area contributed by atoms with Gasteiger partial charge in [-0.15, -0.1) is 0 Å². The number of guanidine groups is 1. The van der Waals surface area contributed by atoms with Crippen LogP contribution >= 0.6 is 0 Å². The lowest BCUT2D eigenvalue weighted by molar-refractivity contribution is -0.149. The maximum atomic E-state index is 12.1. The molecule has 1 aromatic rings. The smallest absolute Gasteiger partial charge is 0.310 e. The van der Waals surface area contributed by atoms with Crippen LogP contribution in [0.25, 0.3) is 0 Å². The van der Waals surface area contributed by atoms with Crippen LogP contribution in [-0.2, 0) is 16.0 Å². The standard InChI is InChI=1S/C21H31N3O2/c1-3-26-19(25)18-10-7-13-24(15-18)20(22-2)23-16-21(11-12-21)14-17-8-5-4-6-9-17/h4-6,8-9,18H,3,7,10-16H2,1-2H3,(H,22,23). The second kappa shape index (κ2) is 8.56. The summed E-state index contributed by atoms with van der Waals surface area (Å²) in [6.07, 6.45) is 5.54. The first-order valence-corrected chi connectivity index (χ1v) is 9.82. The first-order valence-electron chi connectivity index (χ1n) is 9.82. The molecule has 1 atom stereocenters. The molecule has 0 spiro atoms. The van der Waals surface area contributed by atoms with Crippen molar-refractivity contribution in [1.29, 1.82) is 0 Å². The van der Waals surface area contributed by atoms with Crippen molar-refractivity contribution in [3.05, 3.63) is 35.9 Å². The van der Waals surface area contributed by atoms with Crippen LogP contribution in [0.4, 0.5) is 0 Å². The number of likely N-dealkylation sites (tertiary alicyclic amines) is 1. The second-order valence-corrected chi connectivity index (χ2v) is 7.60. The van der Waals surface area contributed by atoms with Crippen LogP contribution in [0.3, 0.4) is 0 Å². The van der Waals surface area contributed by atoms with Gasteiger partial charge in [-0.3, -0.25) is 9.79 Å². The zero-order valence-electron chi connectivity index (χ0n) is 16.0. The van der Waals surface area contributed by atoms with Crippen molar-refractivity contribution in [2.75, 3.05) is 33.3 Å². The first-order chi connectivity index (χ1) is 12.7. The highest BCUT2D eigenvalue weighted by Crippen LogP contribution is 2.47. The second-order valence-electron chi connectivity index (χ2n) is 7.60. The van der Waals surface area contributed by atoms with Gasteiger partial charge in [0.05, 0.1) is 12.5 Å². The fraction of sp³-hybridized carbons (Fsp3) is 0.619. The van der Waals surface area contributed by atoms with Gasteiger partial charge in [0, 0.05) is 26.7 Å². The van der Waals surface area contributed by atoms with E-state index in [0.29, 0.717) is 18.6 Å². The summed E-state index contributed by atoms with van der Waals surface area (Å²) in [5.74, 6) is 0.801. The highest BCUT2D eigenvalue weighted by atomic mass is 16.5. The number of carbonyl (C=O) groups is 1. The third-order valence-corrected chi connectivity index (χ3v) is 5.55. The Morgan fingerprint density at radius 2 is 2.12 bits per heavy atom. The summed E-state index contributed by atoms with van der Waals surface area (Å²) >= 11 is 0. The SMILES string of the molecule is CCOC(=O)C1CCCN(C(=NC)NCC2(Cc3ccccc3)CC2)C1. The molecule has 2 fully saturated rings. The van der Waals surface area contributed by atoms with Crippen molar-refractivity contribution in [2.45, 2.75) is 39.0 Å². The summed E-state index contributed by atoms with van der Waals surface area (Å²) in [5.41, 5.74) is 1.76. The molecule has 1 heterocycles. The average Bonchev–Trinajstić information content (AvgIpc) is 3.43. The number of aliphatic imine (C=N–C) groups is 1. The number of piperidine rings is 1. The topological polar surface area (TPSA) is 53.9 Å². The number of nitrogens with one attached hydrogen (secondary N) is 1. The highest BCUT2D eigenvalue weighted by molar-refractivity contribution is 5.81. The molecule has 26 heavy (non-hydrogen) atoms. The summed E-state index contributed by atoms with van der Waals surface area (Å²) in [4.78, 5) is 18.8. The van der Waals surface area contributed by atoms with Gasteiger partial charge in [0.1, 0.15) is 0 Å². The van der Waals surface area contributed by atoms with Gasteiger partial charge < -0.3 is 15.0 Å². The number of hydrogen-bond donors (Lipinski definition) is 1. The van der Waals surface area contributed by atoms with E-state index in [1.165, 1.54) is 18.4 Å². The van der Waals surface area contributed by atoms with E-state index in [1.807, 2.05) is 14.0 Å². The molecule has 1 N–H and O–H groups in total. The lowest BCUT2D eigenvalue weighted by Gasteiger charge is -2.34. The summed E-state index contributed by atoms with van der Waals surface area (Å²) < 4.78 is 5.21. The van der Waals surface area contributed by atoms with Crippen LogP contribution in [0.15, 0.2) is 35.3 Å². The monoisotopic (exact) mass is 357 g/mol. The van der Waals surface area contributed by atoms with Gasteiger partial charge in [0.15, 0.2) is 5.96 Å². The van der Waals surface area contributed by atoms with Crippen molar-refractivity contribution in [2.24, 2.45) is 16.3 Å². The Labute approximate surface area is 156 Å². The molecule has 0 amide bonds. The van der Waals surface area contributed by atoms with Crippen LogP contribution in [0, 0.1) is 11.3 Å². The van der Waals surface area contributed by atoms with E-state index in [1.54, 1.807) is 0 Å². The van der Waals surface area contributed by atoms with Crippen molar-refractivity contribution in [3.8, 4) is 0 Å². The minimum atomic E-state index is -0.0737. The third-order valence-electron chi connectivity index (χ3n) is 5.55. The van der Waals surface area contributed by atoms with Crippen molar-refractivity contribution < 1.29 is 9.53 Å². The lowest BCUT2D eigenvalue weighted by atomic mass is 9.96. The van der Waals surface area contributed by atoms with Gasteiger partial charge in [0.2, 0.25) is 0 Å². The molecule has 3 rings (SSSR count). The van der Waals surface area contributed by atoms with Crippen molar-refractivity contribution in [1.82, 2.24) is 10.2 Å². The highest BCUT2D eigenvalue weighted by Gasteiger charge is 2.42. The van der Waals surface area contributed by atoms with E-state index in [9.17, 15) is 4.79 Å². The van der Waals surface area contributed by atoms with Gasteiger partial charge in [-0.25, -0.2) is 0 Å². The van der Waals surface area contributed by atoms with E-state index in [2.05, 4.69) is 45.5 Å². The Kier molecular flexibility index (Phi) is 6.17. The molecule has 0 aromatic heterocycles. The number of esters is 1. The number of hydrogen-bond acceptors (Lipinski definition) is 3. The molecule has 5 nitrogen and oxygen atoms in total. The molecular weight excluding hydrogens is 326 g/mol. The molecule has 1 unspecified atom stereocenters. The van der Waals surface area contributed by atoms with Gasteiger partial charge in [-0.05, 0) is 50.0 Å². The predicted molar refractivity (Wildman–Crippen MR) is 104 cm³/mol. The van der Waals surface area contributed by atoms with Gasteiger partial charge in [-0.1, -0.05) is 30.3 Å². The molecule has 1 aliphatic carbocycles. The van der Waals surface area contributed by atoms with Gasteiger partial charge in [0.25, 0.3) is 0 Å². The van der Waals surface area contributed by atoms with E-state index < -0.39 is 0 Å². The Balaban J connectivity index is 1.54. The fourth-order valence-corrected chi connectivity index (χ4v) is 3.84. The molecule has 142 valence electrons. The van der Waals surface area contributed by atoms with Gasteiger partial charge in [-0.2, -0.15) is 0 Å². The molecule has 2 aliphatic rings. The normalized spacial score (nSPS) is 22.0. The molecule has 1 aliphatic heterocycles. The summed E-state index contributed by atoms with van der Waals surface area (Å²) in [7, 11) is 1.83. The number of nitrogens with zero attached hydrogens (tertiary/aromatic N) is 2. The first kappa shape index (κ1) is 18.7. The maximum Gasteiger partial charge on any atom is 0.310 e. The summed E-state index contributed by atoms with van der Waals surface area (Å²) in [5, 5.41) is 3.58. The van der Waals surface area contributed by atoms with E-state index in [0.717, 1.165) is 38.3 Å². The lowest BCUT2D eigenvalue weighted by Crippen LogP contribution is -2.49. The fourth-order valence-electron chi connectivity index (χ4n) is 3.84. The largest absolute Gasteiger partial charge is 0.466 e. The van der Waals surface area contributed by atoms with Gasteiger partial charge >= 0.3 is 5.97 Å². The quantitative estimate of drug-likeness (QED) is 0.483. The van der Waals surface area contributed by atoms with Crippen LogP contribution in [0.2, 0.25) is 0 Å². The summed E-state index contributed by atoms with van der Waals surface area (Å²) in [6, 6.07) is 10.7. The Hall–Kier alpha value is -2.04. The van der Waals surface area contributed by atoms with Crippen LogP contribution in [0.1, 0.15) is 38.2 Å². The summed E-state index contributed by atoms with van der Waals surface area (Å²) in [6.45, 7) is 4.89. The van der Waals surface area contributed by atoms with E-state index in [-0.39, 0.29) is 11.9 Å². The molecule has 1 saturated carbocycles. The molecule has 5 heteroatoms. The zero-order chi connectivity index (χ0) is 18.4. The van der Waals surface area contributed by atoms with Crippen LogP contribution in [0.5, 0.6) is 0 Å². The number of rotatable bonds is 6. The average molecular weight is 357 g/mol. The number of benzene rings is 1. The minimum Gasteiger partial charge on any atom is -0.466 e. The Morgan fingerprint density at radius 1 is 1.35 bits per heavy atom. The molecule has 1 saturated heterocycles. The van der Waals surface area contributed by atoms with Crippen molar-refractivity contribution >= 4 is 11.9 Å². The van der Waals surface area contributed by atoms with E-state index >= 15 is 0 Å². The molecular formula is C21H31N3O2. The van der Waals surface area contributed by atoms with Crippen LogP contribution < -0.4 is 5.32 Å². The molecule has 0 radical (unpaired) electrons. The number of carbonyl (C=O) groups excluding carboxylic acids is 1. The number of ether oxygens (including phenoxy) is 1. The Bertz CT molecular complexity index is 625. The predicted octanol–water partition coefficient (Wildman–Crippen LogP) is 2.86. The Morgan fingerprint density at radius 3 is 2.77 bits per heavy atom. The minimum absolute atomic E-state index is 0.0403. The maximum absolute atomic E-state index is 12.1.